The summed E-state index contributed by atoms with van der Waals surface area (Å²) in [6, 6.07) is -0.117. The molecule has 2 N–H and O–H groups in total. The molecule has 2 saturated heterocycles. The van der Waals surface area contributed by atoms with Crippen molar-refractivity contribution in [2.45, 2.75) is 50.7 Å². The van der Waals surface area contributed by atoms with Gasteiger partial charge in [-0.3, -0.25) is 4.79 Å². The van der Waals surface area contributed by atoms with Crippen LogP contribution < -0.4 is 5.32 Å². The molecule has 4 unspecified atom stereocenters. The minimum Gasteiger partial charge on any atom is -0.481 e. The van der Waals surface area contributed by atoms with E-state index in [4.69, 9.17) is 9.84 Å². The molecule has 0 aromatic carbocycles. The predicted molar refractivity (Wildman–Crippen MR) is 68.9 cm³/mol. The van der Waals surface area contributed by atoms with E-state index in [1.54, 1.807) is 12.0 Å². The number of aliphatic carboxylic acids is 1. The number of carbonyl (C=O) groups is 2. The van der Waals surface area contributed by atoms with Gasteiger partial charge in [0.1, 0.15) is 0 Å². The molecule has 2 heterocycles. The fraction of sp³-hybridized carbons (Fsp3) is 0.846. The third-order valence-corrected chi connectivity index (χ3v) is 4.21. The van der Waals surface area contributed by atoms with Crippen LogP contribution in [-0.4, -0.2) is 53.8 Å². The summed E-state index contributed by atoms with van der Waals surface area (Å²) in [6.45, 7) is 2.54. The molecule has 19 heavy (non-hydrogen) atoms. The summed E-state index contributed by atoms with van der Waals surface area (Å²) in [6.07, 6.45) is 3.09. The van der Waals surface area contributed by atoms with E-state index in [1.807, 2.05) is 6.92 Å². The maximum atomic E-state index is 12.2. The van der Waals surface area contributed by atoms with Crippen molar-refractivity contribution in [2.24, 2.45) is 5.92 Å². The number of urea groups is 1. The maximum absolute atomic E-state index is 12.2. The quantitative estimate of drug-likeness (QED) is 0.783. The summed E-state index contributed by atoms with van der Waals surface area (Å²) < 4.78 is 4.98. The number of carbonyl (C=O) groups excluding carboxylic acids is 1. The zero-order valence-corrected chi connectivity index (χ0v) is 11.5. The molecule has 6 heteroatoms. The minimum atomic E-state index is -0.780. The topological polar surface area (TPSA) is 78.9 Å². The van der Waals surface area contributed by atoms with E-state index in [9.17, 15) is 9.59 Å². The molecule has 0 saturated carbocycles. The van der Waals surface area contributed by atoms with Crippen LogP contribution in [0.3, 0.4) is 0 Å². The van der Waals surface area contributed by atoms with Crippen molar-refractivity contribution in [2.75, 3.05) is 13.7 Å². The van der Waals surface area contributed by atoms with Gasteiger partial charge in [0.05, 0.1) is 5.92 Å². The van der Waals surface area contributed by atoms with Crippen LogP contribution in [0.5, 0.6) is 0 Å². The Morgan fingerprint density at radius 3 is 2.79 bits per heavy atom. The van der Waals surface area contributed by atoms with E-state index < -0.39 is 11.9 Å². The summed E-state index contributed by atoms with van der Waals surface area (Å²) in [7, 11) is 1.63. The fourth-order valence-electron chi connectivity index (χ4n) is 3.22. The Morgan fingerprint density at radius 2 is 2.21 bits per heavy atom. The lowest BCUT2D eigenvalue weighted by atomic mass is 9.89. The van der Waals surface area contributed by atoms with Crippen LogP contribution in [0, 0.1) is 5.92 Å². The van der Waals surface area contributed by atoms with Gasteiger partial charge < -0.3 is 20.1 Å². The first-order chi connectivity index (χ1) is 9.04. The molecule has 2 aliphatic rings. The Balaban J connectivity index is 1.91. The van der Waals surface area contributed by atoms with Gasteiger partial charge in [-0.2, -0.15) is 0 Å². The van der Waals surface area contributed by atoms with Gasteiger partial charge in [0, 0.05) is 31.8 Å². The number of hydrogen-bond acceptors (Lipinski definition) is 3. The van der Waals surface area contributed by atoms with Crippen LogP contribution in [0.1, 0.15) is 32.6 Å². The molecule has 0 aromatic rings. The van der Waals surface area contributed by atoms with Gasteiger partial charge >= 0.3 is 12.0 Å². The summed E-state index contributed by atoms with van der Waals surface area (Å²) in [5, 5.41) is 12.1. The second-order valence-electron chi connectivity index (χ2n) is 5.52. The number of methoxy groups -OCH3 is 1. The van der Waals surface area contributed by atoms with Crippen LogP contribution in [0.25, 0.3) is 0 Å². The number of carboxylic acids is 1. The van der Waals surface area contributed by atoms with E-state index in [0.29, 0.717) is 13.0 Å². The van der Waals surface area contributed by atoms with Gasteiger partial charge in [-0.25, -0.2) is 4.79 Å². The lowest BCUT2D eigenvalue weighted by Crippen LogP contribution is -2.47. The number of amides is 2. The van der Waals surface area contributed by atoms with Crippen LogP contribution in [0.4, 0.5) is 4.79 Å². The normalized spacial score (nSPS) is 30.4. The fourth-order valence-corrected chi connectivity index (χ4v) is 3.22. The van der Waals surface area contributed by atoms with E-state index in [2.05, 4.69) is 5.32 Å². The Morgan fingerprint density at radius 1 is 1.47 bits per heavy atom. The first kappa shape index (κ1) is 14.1. The Bertz CT molecular complexity index is 361. The molecule has 0 aliphatic carbocycles. The average molecular weight is 270 g/mol. The van der Waals surface area contributed by atoms with Gasteiger partial charge in [0.2, 0.25) is 0 Å². The second kappa shape index (κ2) is 5.77. The largest absolute Gasteiger partial charge is 0.481 e. The number of ether oxygens (including phenoxy) is 1. The number of hydrogen-bond donors (Lipinski definition) is 2. The van der Waals surface area contributed by atoms with Gasteiger partial charge in [-0.05, 0) is 32.6 Å². The van der Waals surface area contributed by atoms with Crippen molar-refractivity contribution in [3.63, 3.8) is 0 Å². The molecule has 0 radical (unpaired) electrons. The van der Waals surface area contributed by atoms with Gasteiger partial charge in [0.25, 0.3) is 0 Å². The highest BCUT2D eigenvalue weighted by Gasteiger charge is 2.51. The molecule has 0 aromatic heterocycles. The lowest BCUT2D eigenvalue weighted by Gasteiger charge is -2.25. The number of carboxylic acid groups (broad SMARTS) is 1. The minimum absolute atomic E-state index is 0.0377. The van der Waals surface area contributed by atoms with Gasteiger partial charge in [-0.1, -0.05) is 0 Å². The molecule has 2 amide bonds. The molecular weight excluding hydrogens is 248 g/mol. The predicted octanol–water partition coefficient (Wildman–Crippen LogP) is 1.06. The summed E-state index contributed by atoms with van der Waals surface area (Å²) in [5.74, 6) is -1.17. The highest BCUT2D eigenvalue weighted by Crippen LogP contribution is 2.41. The van der Waals surface area contributed by atoms with E-state index in [1.165, 1.54) is 0 Å². The van der Waals surface area contributed by atoms with E-state index >= 15 is 0 Å². The third-order valence-electron chi connectivity index (χ3n) is 4.21. The van der Waals surface area contributed by atoms with Crippen molar-refractivity contribution in [3.8, 4) is 0 Å². The molecule has 2 fully saturated rings. The zero-order chi connectivity index (χ0) is 14.0. The zero-order valence-electron chi connectivity index (χ0n) is 11.5. The molecule has 2 bridgehead atoms. The van der Waals surface area contributed by atoms with Crippen molar-refractivity contribution < 1.29 is 19.4 Å². The van der Waals surface area contributed by atoms with Crippen molar-refractivity contribution in [1.82, 2.24) is 10.2 Å². The van der Waals surface area contributed by atoms with Gasteiger partial charge in [0.15, 0.2) is 0 Å². The number of nitrogens with one attached hydrogen (secondary N) is 1. The number of rotatable bonds is 5. The first-order valence-corrected chi connectivity index (χ1v) is 6.85. The molecular formula is C13H22N2O4. The van der Waals surface area contributed by atoms with E-state index in [-0.39, 0.29) is 24.2 Å². The highest BCUT2D eigenvalue weighted by molar-refractivity contribution is 5.79. The second-order valence-corrected chi connectivity index (χ2v) is 5.52. The number of nitrogens with zero attached hydrogens (tertiary/aromatic N) is 1. The molecule has 108 valence electrons. The van der Waals surface area contributed by atoms with Gasteiger partial charge in [-0.15, -0.1) is 0 Å². The summed E-state index contributed by atoms with van der Waals surface area (Å²) >= 11 is 0. The Labute approximate surface area is 113 Å². The summed E-state index contributed by atoms with van der Waals surface area (Å²) in [5.41, 5.74) is 0. The van der Waals surface area contributed by atoms with Crippen LogP contribution in [0.2, 0.25) is 0 Å². The molecule has 6 nitrogen and oxygen atoms in total. The molecule has 2 aliphatic heterocycles. The van der Waals surface area contributed by atoms with E-state index in [0.717, 1.165) is 19.3 Å². The Hall–Kier alpha value is -1.30. The monoisotopic (exact) mass is 270 g/mol. The maximum Gasteiger partial charge on any atom is 0.318 e. The molecule has 2 rings (SSSR count). The van der Waals surface area contributed by atoms with Crippen molar-refractivity contribution in [3.05, 3.63) is 0 Å². The van der Waals surface area contributed by atoms with Crippen molar-refractivity contribution >= 4 is 12.0 Å². The van der Waals surface area contributed by atoms with Crippen LogP contribution in [0.15, 0.2) is 0 Å². The molecule has 4 atom stereocenters. The average Bonchev–Trinajstić information content (AvgIpc) is 2.93. The highest BCUT2D eigenvalue weighted by atomic mass is 16.5. The molecule has 0 spiro atoms. The van der Waals surface area contributed by atoms with Crippen LogP contribution in [-0.2, 0) is 9.53 Å². The smallest absolute Gasteiger partial charge is 0.318 e. The number of fused-ring (bicyclic) bond motifs is 2. The van der Waals surface area contributed by atoms with Crippen molar-refractivity contribution in [1.29, 1.82) is 0 Å². The lowest BCUT2D eigenvalue weighted by molar-refractivity contribution is -0.142. The van der Waals surface area contributed by atoms with Crippen LogP contribution >= 0.6 is 0 Å². The Kier molecular flexibility index (Phi) is 4.29. The summed E-state index contributed by atoms with van der Waals surface area (Å²) in [4.78, 5) is 25.1. The standard InChI is InChI=1S/C13H22N2O4/c1-8(5-6-19-2)14-13(18)15-9-3-4-11(15)10(7-9)12(16)17/h8-11H,3-7H2,1-2H3,(H,14,18)(H,16,17). The third kappa shape index (κ3) is 2.83. The first-order valence-electron chi connectivity index (χ1n) is 6.85. The SMILES string of the molecule is COCCC(C)NC(=O)N1C2CCC1C(C(=O)O)C2.